The van der Waals surface area contributed by atoms with Gasteiger partial charge in [0.2, 0.25) is 0 Å². The highest BCUT2D eigenvalue weighted by Gasteiger charge is 2.30. The number of ether oxygens (including phenoxy) is 3. The fraction of sp³-hybridized carbons (Fsp3) is 0.333. The SMILES string of the molecule is COc1cc(-n2cnc3cc(C4=CCOCC4)ccc32)cc(OC)c1C(=O)CCC(F)(F)F. The maximum absolute atomic E-state index is 12.6. The molecule has 1 aliphatic rings. The molecule has 6 nitrogen and oxygen atoms in total. The molecule has 4 rings (SSSR count). The first-order chi connectivity index (χ1) is 15.8. The van der Waals surface area contributed by atoms with Crippen molar-refractivity contribution < 1.29 is 32.2 Å². The van der Waals surface area contributed by atoms with Crippen molar-refractivity contribution in [3.63, 3.8) is 0 Å². The van der Waals surface area contributed by atoms with Crippen LogP contribution in [-0.4, -0.2) is 48.9 Å². The lowest BCUT2D eigenvalue weighted by molar-refractivity contribution is -0.133. The molecule has 3 aromatic rings. The standard InChI is InChI=1S/C24H23F3N2O4/c1-31-21-12-17(13-22(32-2)23(21)20(30)5-8-24(25,26)27)29-14-28-18-11-16(3-4-19(18)29)15-6-9-33-10-7-15/h3-4,6,11-14H,5,7-10H2,1-2H3. The summed E-state index contributed by atoms with van der Waals surface area (Å²) in [5.74, 6) is -0.415. The number of rotatable bonds is 7. The van der Waals surface area contributed by atoms with Gasteiger partial charge in [-0.3, -0.25) is 9.36 Å². The van der Waals surface area contributed by atoms with Crippen molar-refractivity contribution in [2.24, 2.45) is 0 Å². The van der Waals surface area contributed by atoms with E-state index in [0.29, 0.717) is 18.9 Å². The summed E-state index contributed by atoms with van der Waals surface area (Å²) >= 11 is 0. The van der Waals surface area contributed by atoms with Crippen LogP contribution in [0.25, 0.3) is 22.3 Å². The second kappa shape index (κ2) is 9.27. The van der Waals surface area contributed by atoms with Gasteiger partial charge in [-0.1, -0.05) is 12.1 Å². The van der Waals surface area contributed by atoms with Crippen molar-refractivity contribution in [1.82, 2.24) is 9.55 Å². The summed E-state index contributed by atoms with van der Waals surface area (Å²) in [6.45, 7) is 1.28. The van der Waals surface area contributed by atoms with Gasteiger partial charge in [0.05, 0.1) is 50.6 Å². The van der Waals surface area contributed by atoms with Crippen LogP contribution in [0.15, 0.2) is 42.7 Å². The van der Waals surface area contributed by atoms with E-state index in [1.54, 1.807) is 18.5 Å². The van der Waals surface area contributed by atoms with Gasteiger partial charge in [0, 0.05) is 18.6 Å². The third-order valence-corrected chi connectivity index (χ3v) is 5.56. The van der Waals surface area contributed by atoms with Crippen LogP contribution >= 0.6 is 0 Å². The van der Waals surface area contributed by atoms with Gasteiger partial charge in [-0.25, -0.2) is 4.98 Å². The van der Waals surface area contributed by atoms with Crippen LogP contribution in [0, 0.1) is 0 Å². The monoisotopic (exact) mass is 460 g/mol. The molecule has 2 aromatic carbocycles. The number of hydrogen-bond acceptors (Lipinski definition) is 5. The first-order valence-corrected chi connectivity index (χ1v) is 10.4. The number of imidazole rings is 1. The molecule has 0 radical (unpaired) electrons. The van der Waals surface area contributed by atoms with Crippen LogP contribution in [0.5, 0.6) is 11.5 Å². The molecule has 1 aliphatic heterocycles. The van der Waals surface area contributed by atoms with E-state index >= 15 is 0 Å². The molecular formula is C24H23F3N2O4. The number of carbonyl (C=O) groups is 1. The van der Waals surface area contributed by atoms with E-state index in [1.165, 1.54) is 19.8 Å². The largest absolute Gasteiger partial charge is 0.496 e. The summed E-state index contributed by atoms with van der Waals surface area (Å²) < 4.78 is 55.7. The number of ketones is 1. The van der Waals surface area contributed by atoms with E-state index < -0.39 is 24.8 Å². The van der Waals surface area contributed by atoms with E-state index in [4.69, 9.17) is 14.2 Å². The maximum atomic E-state index is 12.6. The number of hydrogen-bond donors (Lipinski definition) is 0. The molecule has 0 N–H and O–H groups in total. The van der Waals surface area contributed by atoms with Crippen LogP contribution < -0.4 is 9.47 Å². The van der Waals surface area contributed by atoms with E-state index in [1.807, 2.05) is 22.8 Å². The van der Waals surface area contributed by atoms with Crippen molar-refractivity contribution in [2.45, 2.75) is 25.4 Å². The summed E-state index contributed by atoms with van der Waals surface area (Å²) in [6.07, 6.45) is -1.78. The molecule has 0 fully saturated rings. The fourth-order valence-corrected chi connectivity index (χ4v) is 3.90. The van der Waals surface area contributed by atoms with Gasteiger partial charge in [-0.2, -0.15) is 13.2 Å². The third-order valence-electron chi connectivity index (χ3n) is 5.56. The highest BCUT2D eigenvalue weighted by Crippen LogP contribution is 2.36. The number of aromatic nitrogens is 2. The molecule has 9 heteroatoms. The van der Waals surface area contributed by atoms with Gasteiger partial charge in [0.15, 0.2) is 5.78 Å². The summed E-state index contributed by atoms with van der Waals surface area (Å²) in [4.78, 5) is 17.1. The van der Waals surface area contributed by atoms with Gasteiger partial charge >= 0.3 is 6.18 Å². The molecule has 174 valence electrons. The van der Waals surface area contributed by atoms with Crippen molar-refractivity contribution in [3.8, 4) is 17.2 Å². The Hall–Kier alpha value is -3.33. The Bertz CT molecular complexity index is 1190. The van der Waals surface area contributed by atoms with Gasteiger partial charge in [-0.05, 0) is 29.7 Å². The van der Waals surface area contributed by atoms with Crippen molar-refractivity contribution in [2.75, 3.05) is 27.4 Å². The number of methoxy groups -OCH3 is 2. The molecular weight excluding hydrogens is 437 g/mol. The minimum atomic E-state index is -4.43. The second-order valence-corrected chi connectivity index (χ2v) is 7.64. The number of nitrogens with zero attached hydrogens (tertiary/aromatic N) is 2. The van der Waals surface area contributed by atoms with E-state index in [9.17, 15) is 18.0 Å². The van der Waals surface area contributed by atoms with Gasteiger partial charge in [0.25, 0.3) is 0 Å². The minimum absolute atomic E-state index is 0.00818. The number of alkyl halides is 3. The molecule has 0 aliphatic carbocycles. The van der Waals surface area contributed by atoms with Crippen LogP contribution in [0.2, 0.25) is 0 Å². The lowest BCUT2D eigenvalue weighted by Gasteiger charge is -2.16. The molecule has 0 saturated heterocycles. The maximum Gasteiger partial charge on any atom is 0.389 e. The predicted octanol–water partition coefficient (Wildman–Crippen LogP) is 5.37. The Morgan fingerprint density at radius 3 is 2.48 bits per heavy atom. The zero-order valence-corrected chi connectivity index (χ0v) is 18.2. The van der Waals surface area contributed by atoms with E-state index in [2.05, 4.69) is 11.1 Å². The Labute approximate surface area is 188 Å². The zero-order chi connectivity index (χ0) is 23.6. The molecule has 1 aromatic heterocycles. The van der Waals surface area contributed by atoms with Gasteiger partial charge < -0.3 is 14.2 Å². The Morgan fingerprint density at radius 2 is 1.88 bits per heavy atom. The third kappa shape index (κ3) is 4.88. The Morgan fingerprint density at radius 1 is 1.15 bits per heavy atom. The highest BCUT2D eigenvalue weighted by molar-refractivity contribution is 6.02. The number of halogens is 3. The number of Topliss-reactive ketones (excluding diaryl/α,β-unsaturated/α-hetero) is 1. The highest BCUT2D eigenvalue weighted by atomic mass is 19.4. The first-order valence-electron chi connectivity index (χ1n) is 10.4. The van der Waals surface area contributed by atoms with Gasteiger partial charge in [0.1, 0.15) is 23.4 Å². The van der Waals surface area contributed by atoms with Crippen molar-refractivity contribution >= 4 is 22.4 Å². The number of carbonyl (C=O) groups excluding carboxylic acids is 1. The topological polar surface area (TPSA) is 62.6 Å². The van der Waals surface area contributed by atoms with Crippen LogP contribution in [0.4, 0.5) is 13.2 Å². The summed E-state index contributed by atoms with van der Waals surface area (Å²) in [5.41, 5.74) is 4.50. The van der Waals surface area contributed by atoms with Crippen LogP contribution in [-0.2, 0) is 4.74 Å². The van der Waals surface area contributed by atoms with Crippen molar-refractivity contribution in [3.05, 3.63) is 53.9 Å². The first kappa shape index (κ1) is 22.8. The number of benzene rings is 2. The van der Waals surface area contributed by atoms with E-state index in [-0.39, 0.29) is 17.1 Å². The summed E-state index contributed by atoms with van der Waals surface area (Å²) in [5, 5.41) is 0. The molecule has 0 spiro atoms. The summed E-state index contributed by atoms with van der Waals surface area (Å²) in [6, 6.07) is 9.17. The average molecular weight is 460 g/mol. The van der Waals surface area contributed by atoms with Crippen LogP contribution in [0.1, 0.15) is 35.2 Å². The summed E-state index contributed by atoms with van der Waals surface area (Å²) in [7, 11) is 2.72. The van der Waals surface area contributed by atoms with Crippen molar-refractivity contribution in [1.29, 1.82) is 0 Å². The molecule has 33 heavy (non-hydrogen) atoms. The molecule has 0 saturated carbocycles. The van der Waals surface area contributed by atoms with E-state index in [0.717, 1.165) is 23.0 Å². The van der Waals surface area contributed by atoms with Gasteiger partial charge in [-0.15, -0.1) is 0 Å². The Balaban J connectivity index is 1.71. The number of fused-ring (bicyclic) bond motifs is 1. The fourth-order valence-electron chi connectivity index (χ4n) is 3.90. The molecule has 0 unspecified atom stereocenters. The quantitative estimate of drug-likeness (QED) is 0.444. The lowest BCUT2D eigenvalue weighted by atomic mass is 10.0. The average Bonchev–Trinajstić information content (AvgIpc) is 3.25. The normalized spacial score (nSPS) is 14.3. The zero-order valence-electron chi connectivity index (χ0n) is 18.2. The molecule has 0 atom stereocenters. The Kier molecular flexibility index (Phi) is 6.42. The second-order valence-electron chi connectivity index (χ2n) is 7.64. The smallest absolute Gasteiger partial charge is 0.389 e. The predicted molar refractivity (Wildman–Crippen MR) is 117 cm³/mol. The molecule has 0 amide bonds. The molecule has 0 bridgehead atoms. The minimum Gasteiger partial charge on any atom is -0.496 e. The van der Waals surface area contributed by atoms with Crippen LogP contribution in [0.3, 0.4) is 0 Å². The molecule has 2 heterocycles. The lowest BCUT2D eigenvalue weighted by Crippen LogP contribution is -2.13.